The second-order valence-electron chi connectivity index (χ2n) is 5.95. The Bertz CT molecular complexity index is 1080. The Balaban J connectivity index is 1.93. The van der Waals surface area contributed by atoms with Crippen LogP contribution in [-0.4, -0.2) is 27.0 Å². The van der Waals surface area contributed by atoms with Crippen molar-refractivity contribution in [3.63, 3.8) is 0 Å². The number of ketones is 1. The molecule has 0 radical (unpaired) electrons. The monoisotopic (exact) mass is 399 g/mol. The van der Waals surface area contributed by atoms with E-state index < -0.39 is 35.1 Å². The molecule has 2 heterocycles. The summed E-state index contributed by atoms with van der Waals surface area (Å²) >= 11 is 1.04. The number of halogens is 2. The fourth-order valence-electron chi connectivity index (χ4n) is 3.03. The molecule has 9 heteroatoms. The Hall–Kier alpha value is -3.46. The first-order valence-electron chi connectivity index (χ1n) is 8.06. The molecule has 2 aromatic carbocycles. The van der Waals surface area contributed by atoms with Gasteiger partial charge in [0.05, 0.1) is 11.6 Å². The molecule has 1 aliphatic heterocycles. The first-order chi connectivity index (χ1) is 13.5. The topological polar surface area (TPSA) is 83.4 Å². The summed E-state index contributed by atoms with van der Waals surface area (Å²) in [5.41, 5.74) is 1.78. The molecule has 1 aliphatic rings. The van der Waals surface area contributed by atoms with E-state index in [2.05, 4.69) is 10.2 Å². The highest BCUT2D eigenvalue weighted by molar-refractivity contribution is 7.13. The van der Waals surface area contributed by atoms with Gasteiger partial charge in [-0.2, -0.15) is 0 Å². The molecular weight excluding hydrogens is 388 g/mol. The molecule has 4 rings (SSSR count). The Morgan fingerprint density at radius 2 is 1.61 bits per heavy atom. The highest BCUT2D eigenvalue weighted by Crippen LogP contribution is 2.42. The quantitative estimate of drug-likeness (QED) is 0.414. The fraction of sp³-hybridized carbons (Fsp3) is 0.0526. The van der Waals surface area contributed by atoms with Crippen LogP contribution in [0.5, 0.6) is 0 Å². The zero-order valence-corrected chi connectivity index (χ0v) is 14.9. The molecule has 1 fully saturated rings. The summed E-state index contributed by atoms with van der Waals surface area (Å²) < 4.78 is 26.6. The lowest BCUT2D eigenvalue weighted by molar-refractivity contribution is -0.132. The van der Waals surface area contributed by atoms with E-state index in [9.17, 15) is 23.5 Å². The summed E-state index contributed by atoms with van der Waals surface area (Å²) in [6.07, 6.45) is 0. The number of hydrogen-bond donors (Lipinski definition) is 1. The fourth-order valence-corrected chi connectivity index (χ4v) is 3.61. The van der Waals surface area contributed by atoms with Crippen LogP contribution in [0.25, 0.3) is 5.76 Å². The normalized spacial score (nSPS) is 18.6. The molecule has 1 saturated heterocycles. The van der Waals surface area contributed by atoms with Gasteiger partial charge in [0, 0.05) is 5.56 Å². The van der Waals surface area contributed by atoms with E-state index in [1.54, 1.807) is 0 Å². The molecule has 0 spiro atoms. The summed E-state index contributed by atoms with van der Waals surface area (Å²) in [5.74, 6) is -3.28. The number of aliphatic hydroxyl groups is 1. The predicted octanol–water partition coefficient (Wildman–Crippen LogP) is 3.44. The van der Waals surface area contributed by atoms with E-state index in [0.717, 1.165) is 28.4 Å². The zero-order valence-electron chi connectivity index (χ0n) is 14.0. The Morgan fingerprint density at radius 1 is 1.00 bits per heavy atom. The van der Waals surface area contributed by atoms with Gasteiger partial charge in [0.15, 0.2) is 0 Å². The van der Waals surface area contributed by atoms with Crippen LogP contribution in [0.15, 0.2) is 59.6 Å². The van der Waals surface area contributed by atoms with Crippen molar-refractivity contribution >= 4 is 33.9 Å². The van der Waals surface area contributed by atoms with Crippen molar-refractivity contribution in [3.05, 3.63) is 82.4 Å². The van der Waals surface area contributed by atoms with Crippen molar-refractivity contribution in [1.82, 2.24) is 10.2 Å². The maximum atomic E-state index is 13.4. The lowest BCUT2D eigenvalue weighted by atomic mass is 9.95. The largest absolute Gasteiger partial charge is 0.507 e. The van der Waals surface area contributed by atoms with Gasteiger partial charge in [0.1, 0.15) is 22.9 Å². The molecule has 1 aromatic heterocycles. The standard InChI is InChI=1S/C19H11F2N3O3S/c20-12-5-1-10(2-6-12)15-14(16(25)11-3-7-13(21)8-4-11)17(26)18(27)24(15)19-23-22-9-28-19/h1-9,15,25H/t15-/m0/s1. The number of nitrogens with zero attached hydrogens (tertiary/aromatic N) is 3. The minimum atomic E-state index is -1.03. The van der Waals surface area contributed by atoms with Gasteiger partial charge in [0.2, 0.25) is 5.13 Å². The van der Waals surface area contributed by atoms with Crippen molar-refractivity contribution in [2.24, 2.45) is 0 Å². The molecule has 0 aliphatic carbocycles. The van der Waals surface area contributed by atoms with E-state index in [1.165, 1.54) is 41.9 Å². The highest BCUT2D eigenvalue weighted by Gasteiger charge is 2.48. The van der Waals surface area contributed by atoms with Gasteiger partial charge in [-0.1, -0.05) is 23.5 Å². The van der Waals surface area contributed by atoms with Crippen LogP contribution in [-0.2, 0) is 9.59 Å². The summed E-state index contributed by atoms with van der Waals surface area (Å²) in [7, 11) is 0. The van der Waals surface area contributed by atoms with Crippen molar-refractivity contribution in [3.8, 4) is 0 Å². The van der Waals surface area contributed by atoms with Gasteiger partial charge < -0.3 is 5.11 Å². The third-order valence-electron chi connectivity index (χ3n) is 4.30. The average Bonchev–Trinajstić information content (AvgIpc) is 3.30. The highest BCUT2D eigenvalue weighted by atomic mass is 32.1. The third-order valence-corrected chi connectivity index (χ3v) is 4.99. The van der Waals surface area contributed by atoms with E-state index in [-0.39, 0.29) is 16.3 Å². The Morgan fingerprint density at radius 3 is 2.18 bits per heavy atom. The average molecular weight is 399 g/mol. The van der Waals surface area contributed by atoms with Crippen molar-refractivity contribution in [2.75, 3.05) is 4.90 Å². The smallest absolute Gasteiger partial charge is 0.301 e. The summed E-state index contributed by atoms with van der Waals surface area (Å²) in [4.78, 5) is 26.5. The van der Waals surface area contributed by atoms with Crippen molar-refractivity contribution in [2.45, 2.75) is 6.04 Å². The van der Waals surface area contributed by atoms with Crippen LogP contribution < -0.4 is 4.90 Å². The molecule has 28 heavy (non-hydrogen) atoms. The van der Waals surface area contributed by atoms with Crippen LogP contribution in [0.4, 0.5) is 13.9 Å². The number of benzene rings is 2. The van der Waals surface area contributed by atoms with Gasteiger partial charge in [-0.3, -0.25) is 14.5 Å². The van der Waals surface area contributed by atoms with Crippen LogP contribution in [0.1, 0.15) is 17.2 Å². The molecule has 0 saturated carbocycles. The number of aliphatic hydroxyl groups excluding tert-OH is 1. The van der Waals surface area contributed by atoms with E-state index >= 15 is 0 Å². The third kappa shape index (κ3) is 2.95. The molecule has 0 unspecified atom stereocenters. The molecular formula is C19H11F2N3O3S. The second-order valence-corrected chi connectivity index (χ2v) is 6.76. The predicted molar refractivity (Wildman–Crippen MR) is 97.5 cm³/mol. The van der Waals surface area contributed by atoms with E-state index in [1.807, 2.05) is 0 Å². The van der Waals surface area contributed by atoms with Gasteiger partial charge >= 0.3 is 5.91 Å². The first-order valence-corrected chi connectivity index (χ1v) is 8.94. The number of carbonyl (C=O) groups excluding carboxylic acids is 2. The SMILES string of the molecule is O=C1C(=O)N(c2nncs2)[C@@H](c2ccc(F)cc2)C1=C(O)c1ccc(F)cc1. The van der Waals surface area contributed by atoms with Crippen molar-refractivity contribution in [1.29, 1.82) is 0 Å². The number of Topliss-reactive ketones (excluding diaryl/α,β-unsaturated/α-hetero) is 1. The lowest BCUT2D eigenvalue weighted by Crippen LogP contribution is -2.29. The lowest BCUT2D eigenvalue weighted by Gasteiger charge is -2.22. The maximum absolute atomic E-state index is 13.4. The van der Waals surface area contributed by atoms with Gasteiger partial charge in [-0.15, -0.1) is 10.2 Å². The number of anilines is 1. The second kappa shape index (κ2) is 6.93. The number of amides is 1. The molecule has 140 valence electrons. The number of rotatable bonds is 3. The van der Waals surface area contributed by atoms with E-state index in [0.29, 0.717) is 5.56 Å². The summed E-state index contributed by atoms with van der Waals surface area (Å²) in [5, 5.41) is 18.5. The summed E-state index contributed by atoms with van der Waals surface area (Å²) in [6, 6.07) is 9.02. The van der Waals surface area contributed by atoms with Gasteiger partial charge in [0.25, 0.3) is 5.78 Å². The minimum Gasteiger partial charge on any atom is -0.507 e. The van der Waals surface area contributed by atoms with Crippen LogP contribution in [0.2, 0.25) is 0 Å². The van der Waals surface area contributed by atoms with Crippen LogP contribution in [0.3, 0.4) is 0 Å². The first kappa shape index (κ1) is 17.9. The molecule has 1 N–H and O–H groups in total. The molecule has 1 atom stereocenters. The number of hydrogen-bond acceptors (Lipinski definition) is 6. The number of aromatic nitrogens is 2. The Labute approximate surface area is 161 Å². The van der Waals surface area contributed by atoms with Gasteiger partial charge in [-0.05, 0) is 42.0 Å². The van der Waals surface area contributed by atoms with E-state index in [4.69, 9.17) is 0 Å². The summed E-state index contributed by atoms with van der Waals surface area (Å²) in [6.45, 7) is 0. The molecule has 1 amide bonds. The maximum Gasteiger partial charge on any atom is 0.301 e. The molecule has 3 aromatic rings. The van der Waals surface area contributed by atoms with Gasteiger partial charge in [-0.25, -0.2) is 8.78 Å². The number of carbonyl (C=O) groups is 2. The Kier molecular flexibility index (Phi) is 4.44. The minimum absolute atomic E-state index is 0.162. The molecule has 6 nitrogen and oxygen atoms in total. The van der Waals surface area contributed by atoms with Crippen molar-refractivity contribution < 1.29 is 23.5 Å². The van der Waals surface area contributed by atoms with Crippen LogP contribution >= 0.6 is 11.3 Å². The zero-order chi connectivity index (χ0) is 19.8. The van der Waals surface area contributed by atoms with Crippen LogP contribution in [0, 0.1) is 11.6 Å². The molecule has 0 bridgehead atoms.